The normalized spacial score (nSPS) is 10.9. The molecule has 1 amide bonds. The molecule has 33 heavy (non-hydrogen) atoms. The van der Waals surface area contributed by atoms with Crippen molar-refractivity contribution in [3.8, 4) is 23.3 Å². The molecule has 0 atom stereocenters. The predicted octanol–water partition coefficient (Wildman–Crippen LogP) is 4.69. The van der Waals surface area contributed by atoms with Gasteiger partial charge in [0.15, 0.2) is 17.3 Å². The van der Waals surface area contributed by atoms with E-state index in [9.17, 15) is 10.1 Å². The van der Waals surface area contributed by atoms with Crippen molar-refractivity contribution in [3.05, 3.63) is 71.0 Å². The summed E-state index contributed by atoms with van der Waals surface area (Å²) in [4.78, 5) is 12.4. The van der Waals surface area contributed by atoms with Crippen molar-refractivity contribution in [1.29, 1.82) is 5.26 Å². The molecule has 0 bridgehead atoms. The number of nitriles is 1. The van der Waals surface area contributed by atoms with Crippen LogP contribution in [-0.2, 0) is 4.79 Å². The molecule has 2 aromatic carbocycles. The number of aromatic nitrogens is 1. The molecular formula is C25H25N3O5. The quantitative estimate of drug-likeness (QED) is 0.273. The molecule has 0 radical (unpaired) electrons. The summed E-state index contributed by atoms with van der Waals surface area (Å²) < 4.78 is 22.1. The molecule has 170 valence electrons. The Hall–Kier alpha value is -4.25. The number of aryl methyl sites for hydroxylation is 2. The van der Waals surface area contributed by atoms with E-state index >= 15 is 0 Å². The number of amides is 1. The number of hydrogen-bond donors (Lipinski definition) is 1. The van der Waals surface area contributed by atoms with E-state index in [-0.39, 0.29) is 11.4 Å². The zero-order chi connectivity index (χ0) is 23.6. The third-order valence-corrected chi connectivity index (χ3v) is 4.41. The van der Waals surface area contributed by atoms with Crippen LogP contribution in [0.25, 0.3) is 6.08 Å². The highest BCUT2D eigenvalue weighted by atomic mass is 16.5. The minimum atomic E-state index is -0.586. The van der Waals surface area contributed by atoms with Crippen LogP contribution in [0.15, 0.2) is 58.6 Å². The number of carbonyl (C=O) groups excluding carboxylic acids is 1. The molecule has 0 aliphatic heterocycles. The molecular weight excluding hydrogens is 422 g/mol. The maximum atomic E-state index is 12.4. The molecule has 3 rings (SSSR count). The molecule has 0 aliphatic rings. The summed E-state index contributed by atoms with van der Waals surface area (Å²) in [6, 6.07) is 16.5. The number of nitrogens with one attached hydrogen (secondary N) is 1. The van der Waals surface area contributed by atoms with E-state index in [1.165, 1.54) is 6.08 Å². The van der Waals surface area contributed by atoms with Gasteiger partial charge in [-0.3, -0.25) is 4.79 Å². The number of carbonyl (C=O) groups is 1. The van der Waals surface area contributed by atoms with Gasteiger partial charge >= 0.3 is 0 Å². The van der Waals surface area contributed by atoms with Gasteiger partial charge in [-0.2, -0.15) is 5.26 Å². The van der Waals surface area contributed by atoms with Crippen LogP contribution in [0.4, 0.5) is 5.82 Å². The Balaban J connectivity index is 1.66. The average molecular weight is 447 g/mol. The Morgan fingerprint density at radius 1 is 1.09 bits per heavy atom. The van der Waals surface area contributed by atoms with Crippen LogP contribution in [-0.4, -0.2) is 30.9 Å². The zero-order valence-corrected chi connectivity index (χ0v) is 18.8. The summed E-state index contributed by atoms with van der Waals surface area (Å²) >= 11 is 0. The summed E-state index contributed by atoms with van der Waals surface area (Å²) in [7, 11) is 0. The van der Waals surface area contributed by atoms with E-state index < -0.39 is 5.91 Å². The molecule has 1 N–H and O–H groups in total. The van der Waals surface area contributed by atoms with Gasteiger partial charge in [0.25, 0.3) is 5.91 Å². The third-order valence-electron chi connectivity index (χ3n) is 4.41. The highest BCUT2D eigenvalue weighted by molar-refractivity contribution is 6.09. The van der Waals surface area contributed by atoms with Crippen molar-refractivity contribution in [2.24, 2.45) is 0 Å². The van der Waals surface area contributed by atoms with Gasteiger partial charge in [0.05, 0.1) is 6.61 Å². The first-order chi connectivity index (χ1) is 16.0. The molecule has 0 unspecified atom stereocenters. The zero-order valence-electron chi connectivity index (χ0n) is 18.8. The van der Waals surface area contributed by atoms with Crippen LogP contribution in [0.2, 0.25) is 0 Å². The number of hydrogen-bond acceptors (Lipinski definition) is 7. The predicted molar refractivity (Wildman–Crippen MR) is 123 cm³/mol. The molecule has 0 spiro atoms. The van der Waals surface area contributed by atoms with Gasteiger partial charge in [-0.25, -0.2) is 0 Å². The fourth-order valence-corrected chi connectivity index (χ4v) is 2.94. The van der Waals surface area contributed by atoms with Crippen LogP contribution >= 0.6 is 0 Å². The summed E-state index contributed by atoms with van der Waals surface area (Å²) in [5.41, 5.74) is 1.65. The van der Waals surface area contributed by atoms with E-state index in [1.807, 2.05) is 44.2 Å². The van der Waals surface area contributed by atoms with Crippen LogP contribution < -0.4 is 19.5 Å². The van der Waals surface area contributed by atoms with E-state index in [2.05, 4.69) is 10.5 Å². The Labute approximate surface area is 192 Å². The number of ether oxygens (including phenoxy) is 3. The minimum absolute atomic E-state index is 0.0849. The molecule has 1 heterocycles. The molecule has 0 aliphatic carbocycles. The van der Waals surface area contributed by atoms with Crippen molar-refractivity contribution in [3.63, 3.8) is 0 Å². The Morgan fingerprint density at radius 2 is 1.91 bits per heavy atom. The van der Waals surface area contributed by atoms with Gasteiger partial charge < -0.3 is 24.1 Å². The molecule has 1 aromatic heterocycles. The SMILES string of the molecule is CCOc1cc(/C=C(/C#N)C(=O)Nc2cc(C)on2)ccc1OCCOc1cccc(C)c1. The fourth-order valence-electron chi connectivity index (χ4n) is 2.94. The van der Waals surface area contributed by atoms with Gasteiger partial charge in [0, 0.05) is 6.07 Å². The van der Waals surface area contributed by atoms with Crippen molar-refractivity contribution in [1.82, 2.24) is 5.16 Å². The van der Waals surface area contributed by atoms with E-state index in [0.29, 0.717) is 42.6 Å². The smallest absolute Gasteiger partial charge is 0.267 e. The number of nitrogens with zero attached hydrogens (tertiary/aromatic N) is 2. The average Bonchev–Trinajstić information content (AvgIpc) is 3.20. The standard InChI is InChI=1S/C25H25N3O5/c1-4-30-23-15-19(14-20(16-26)25(29)27-24-13-18(3)33-28-24)8-9-22(23)32-11-10-31-21-7-5-6-17(2)12-21/h5-9,12-15H,4,10-11H2,1-3H3,(H,27,28,29)/b20-14-. The van der Waals surface area contributed by atoms with Crippen molar-refractivity contribution < 1.29 is 23.5 Å². The second-order valence-corrected chi connectivity index (χ2v) is 7.10. The lowest BCUT2D eigenvalue weighted by Crippen LogP contribution is -2.13. The second kappa shape index (κ2) is 11.4. The number of rotatable bonds is 10. The maximum Gasteiger partial charge on any atom is 0.267 e. The van der Waals surface area contributed by atoms with Crippen LogP contribution in [0.5, 0.6) is 17.2 Å². The first-order valence-corrected chi connectivity index (χ1v) is 10.4. The topological polar surface area (TPSA) is 107 Å². The molecule has 3 aromatic rings. The van der Waals surface area contributed by atoms with E-state index in [1.54, 1.807) is 31.2 Å². The summed E-state index contributed by atoms with van der Waals surface area (Å²) in [6.07, 6.45) is 1.47. The summed E-state index contributed by atoms with van der Waals surface area (Å²) in [5, 5.41) is 15.7. The van der Waals surface area contributed by atoms with Crippen LogP contribution in [0, 0.1) is 25.2 Å². The maximum absolute atomic E-state index is 12.4. The van der Waals surface area contributed by atoms with E-state index in [0.717, 1.165) is 11.3 Å². The van der Waals surface area contributed by atoms with Gasteiger partial charge in [0.2, 0.25) is 0 Å². The largest absolute Gasteiger partial charge is 0.490 e. The molecule has 0 fully saturated rings. The van der Waals surface area contributed by atoms with Gasteiger partial charge in [-0.05, 0) is 62.2 Å². The monoisotopic (exact) mass is 447 g/mol. The molecule has 8 heteroatoms. The minimum Gasteiger partial charge on any atom is -0.490 e. The van der Waals surface area contributed by atoms with E-state index in [4.69, 9.17) is 18.7 Å². The highest BCUT2D eigenvalue weighted by Crippen LogP contribution is 2.29. The van der Waals surface area contributed by atoms with Gasteiger partial charge in [-0.15, -0.1) is 0 Å². The molecule has 0 saturated carbocycles. The lowest BCUT2D eigenvalue weighted by molar-refractivity contribution is -0.112. The second-order valence-electron chi connectivity index (χ2n) is 7.10. The summed E-state index contributed by atoms with van der Waals surface area (Å²) in [6.45, 7) is 6.70. The number of anilines is 1. The van der Waals surface area contributed by atoms with Crippen LogP contribution in [0.3, 0.4) is 0 Å². The lowest BCUT2D eigenvalue weighted by Gasteiger charge is -2.13. The lowest BCUT2D eigenvalue weighted by atomic mass is 10.1. The molecule has 8 nitrogen and oxygen atoms in total. The van der Waals surface area contributed by atoms with Crippen molar-refractivity contribution >= 4 is 17.8 Å². The first kappa shape index (κ1) is 23.4. The fraction of sp³-hybridized carbons (Fsp3) is 0.240. The van der Waals surface area contributed by atoms with Gasteiger partial charge in [0.1, 0.15) is 36.4 Å². The van der Waals surface area contributed by atoms with Crippen molar-refractivity contribution in [2.45, 2.75) is 20.8 Å². The Kier molecular flexibility index (Phi) is 8.08. The van der Waals surface area contributed by atoms with Crippen molar-refractivity contribution in [2.75, 3.05) is 25.1 Å². The first-order valence-electron chi connectivity index (χ1n) is 10.4. The Morgan fingerprint density at radius 3 is 2.61 bits per heavy atom. The van der Waals surface area contributed by atoms with Gasteiger partial charge in [-0.1, -0.05) is 23.4 Å². The van der Waals surface area contributed by atoms with Crippen LogP contribution in [0.1, 0.15) is 23.8 Å². The number of benzene rings is 2. The Bertz CT molecular complexity index is 1180. The third kappa shape index (κ3) is 6.87. The summed E-state index contributed by atoms with van der Waals surface area (Å²) in [5.74, 6) is 2.04. The highest BCUT2D eigenvalue weighted by Gasteiger charge is 2.13. The molecule has 0 saturated heterocycles.